The highest BCUT2D eigenvalue weighted by molar-refractivity contribution is 7.89. The fourth-order valence-electron chi connectivity index (χ4n) is 2.66. The summed E-state index contributed by atoms with van der Waals surface area (Å²) in [7, 11) is -4.19. The van der Waals surface area contributed by atoms with E-state index in [1.165, 1.54) is 12.1 Å². The third kappa shape index (κ3) is 5.24. The highest BCUT2D eigenvalue weighted by Crippen LogP contribution is 2.15. The molecule has 1 heterocycles. The number of nitrogens with one attached hydrogen (secondary N) is 3. The van der Waals surface area contributed by atoms with Crippen molar-refractivity contribution in [1.82, 2.24) is 24.8 Å². The Hall–Kier alpha value is -2.11. The zero-order valence-corrected chi connectivity index (χ0v) is 17.5. The van der Waals surface area contributed by atoms with Crippen LogP contribution >= 0.6 is 12.2 Å². The van der Waals surface area contributed by atoms with Crippen LogP contribution in [0.25, 0.3) is 0 Å². The monoisotopic (exact) mass is 429 g/mol. The summed E-state index contributed by atoms with van der Waals surface area (Å²) in [5.74, 6) is -1.01. The molecule has 0 radical (unpaired) electrons. The number of halogens is 1. The Morgan fingerprint density at radius 1 is 1.36 bits per heavy atom. The molecule has 8 nitrogen and oxygen atoms in total. The van der Waals surface area contributed by atoms with Crippen molar-refractivity contribution in [1.29, 1.82) is 0 Å². The van der Waals surface area contributed by atoms with Gasteiger partial charge >= 0.3 is 0 Å². The Morgan fingerprint density at radius 3 is 2.64 bits per heavy atom. The van der Waals surface area contributed by atoms with Crippen LogP contribution in [0.2, 0.25) is 0 Å². The lowest BCUT2D eigenvalue weighted by Gasteiger charge is -2.21. The van der Waals surface area contributed by atoms with E-state index in [9.17, 15) is 17.6 Å². The summed E-state index contributed by atoms with van der Waals surface area (Å²) < 4.78 is 43.5. The van der Waals surface area contributed by atoms with Crippen molar-refractivity contribution in [2.45, 2.75) is 44.7 Å². The van der Waals surface area contributed by atoms with Gasteiger partial charge in [0.2, 0.25) is 15.9 Å². The third-order valence-electron chi connectivity index (χ3n) is 4.16. The molecule has 0 fully saturated rings. The number of sulfonamides is 1. The number of carbonyl (C=O) groups excluding carboxylic acids is 1. The van der Waals surface area contributed by atoms with E-state index in [4.69, 9.17) is 12.2 Å². The third-order valence-corrected chi connectivity index (χ3v) is 5.94. The molecule has 1 amide bonds. The summed E-state index contributed by atoms with van der Waals surface area (Å²) in [5.41, 5.74) is 0. The van der Waals surface area contributed by atoms with Gasteiger partial charge in [-0.15, -0.1) is 0 Å². The highest BCUT2D eigenvalue weighted by Gasteiger charge is 2.29. The molecule has 0 spiro atoms. The molecule has 11 heteroatoms. The summed E-state index contributed by atoms with van der Waals surface area (Å²) in [5, 5.41) is 9.51. The van der Waals surface area contributed by atoms with Crippen LogP contribution in [-0.4, -0.2) is 41.7 Å². The predicted molar refractivity (Wildman–Crippen MR) is 105 cm³/mol. The smallest absolute Gasteiger partial charge is 0.244 e. The van der Waals surface area contributed by atoms with E-state index in [1.54, 1.807) is 13.8 Å². The lowest BCUT2D eigenvalue weighted by Crippen LogP contribution is -2.50. The molecule has 154 valence electrons. The number of hydrogen-bond acceptors (Lipinski definition) is 5. The van der Waals surface area contributed by atoms with Crippen LogP contribution < -0.4 is 10.0 Å². The molecule has 0 bridgehead atoms. The molecule has 1 aromatic carbocycles. The minimum Gasteiger partial charge on any atom is -0.354 e. The van der Waals surface area contributed by atoms with Crippen LogP contribution in [0.15, 0.2) is 29.2 Å². The van der Waals surface area contributed by atoms with Crippen molar-refractivity contribution in [3.63, 3.8) is 0 Å². The van der Waals surface area contributed by atoms with Gasteiger partial charge in [0.1, 0.15) is 22.6 Å². The molecule has 2 aromatic rings. The average Bonchev–Trinajstić information content (AvgIpc) is 2.99. The SMILES string of the molecule is CCn1c(CCNC(=O)[C@@H](NS(=O)(=O)c2ccccc2F)C(C)C)n[nH]c1=S. The number of hydrogen-bond donors (Lipinski definition) is 3. The average molecular weight is 430 g/mol. The van der Waals surface area contributed by atoms with Crippen LogP contribution in [0.1, 0.15) is 26.6 Å². The topological polar surface area (TPSA) is 109 Å². The summed E-state index contributed by atoms with van der Waals surface area (Å²) in [6.45, 7) is 6.24. The van der Waals surface area contributed by atoms with E-state index in [2.05, 4.69) is 20.2 Å². The molecule has 0 aliphatic carbocycles. The van der Waals surface area contributed by atoms with Crippen molar-refractivity contribution in [3.05, 3.63) is 40.7 Å². The number of H-pyrrole nitrogens is 1. The number of rotatable bonds is 9. The number of benzene rings is 1. The normalized spacial score (nSPS) is 12.9. The molecule has 0 aliphatic rings. The second kappa shape index (κ2) is 9.39. The standard InChI is InChI=1S/C17H24FN5O3S2/c1-4-23-14(20-21-17(23)27)9-10-19-16(24)15(11(2)3)22-28(25,26)13-8-6-5-7-12(13)18/h5-8,11,15,22H,4,9-10H2,1-3H3,(H,19,24)(H,21,27)/t15-/m0/s1. The maximum absolute atomic E-state index is 13.9. The van der Waals surface area contributed by atoms with Gasteiger partial charge < -0.3 is 9.88 Å². The molecular weight excluding hydrogens is 405 g/mol. The van der Waals surface area contributed by atoms with Gasteiger partial charge in [-0.2, -0.15) is 9.82 Å². The first-order valence-corrected chi connectivity index (χ1v) is 10.7. The van der Waals surface area contributed by atoms with Crippen molar-refractivity contribution in [3.8, 4) is 0 Å². The number of aromatic amines is 1. The minimum absolute atomic E-state index is 0.253. The number of carbonyl (C=O) groups is 1. The van der Waals surface area contributed by atoms with Crippen molar-refractivity contribution in [2.24, 2.45) is 5.92 Å². The van der Waals surface area contributed by atoms with Crippen LogP contribution in [0.3, 0.4) is 0 Å². The van der Waals surface area contributed by atoms with E-state index in [0.29, 0.717) is 23.6 Å². The second-order valence-electron chi connectivity index (χ2n) is 6.50. The highest BCUT2D eigenvalue weighted by atomic mass is 32.2. The van der Waals surface area contributed by atoms with E-state index in [0.717, 1.165) is 12.1 Å². The first-order chi connectivity index (χ1) is 13.2. The van der Waals surface area contributed by atoms with Gasteiger partial charge in [0, 0.05) is 19.5 Å². The van der Waals surface area contributed by atoms with Gasteiger partial charge in [0.25, 0.3) is 0 Å². The lowest BCUT2D eigenvalue weighted by atomic mass is 10.1. The fourth-order valence-corrected chi connectivity index (χ4v) is 4.36. The van der Waals surface area contributed by atoms with Crippen molar-refractivity contribution >= 4 is 28.1 Å². The first kappa shape index (κ1) is 22.2. The Morgan fingerprint density at radius 2 is 2.04 bits per heavy atom. The second-order valence-corrected chi connectivity index (χ2v) is 8.57. The van der Waals surface area contributed by atoms with Crippen LogP contribution in [-0.2, 0) is 27.8 Å². The Balaban J connectivity index is 2.06. The number of nitrogens with zero attached hydrogens (tertiary/aromatic N) is 2. The molecule has 2 rings (SSSR count). The molecule has 0 aliphatic heterocycles. The van der Waals surface area contributed by atoms with E-state index in [-0.39, 0.29) is 12.5 Å². The van der Waals surface area contributed by atoms with Gasteiger partial charge in [-0.25, -0.2) is 12.8 Å². The predicted octanol–water partition coefficient (Wildman–Crippen LogP) is 1.76. The largest absolute Gasteiger partial charge is 0.354 e. The zero-order chi connectivity index (χ0) is 20.9. The summed E-state index contributed by atoms with van der Waals surface area (Å²) >= 11 is 5.12. The van der Waals surface area contributed by atoms with Crippen LogP contribution in [0.5, 0.6) is 0 Å². The molecule has 3 N–H and O–H groups in total. The quantitative estimate of drug-likeness (QED) is 0.527. The maximum Gasteiger partial charge on any atom is 0.244 e. The Bertz CT molecular complexity index is 985. The molecule has 0 saturated carbocycles. The van der Waals surface area contributed by atoms with Gasteiger partial charge in [0.15, 0.2) is 4.77 Å². The van der Waals surface area contributed by atoms with Crippen molar-refractivity contribution < 1.29 is 17.6 Å². The van der Waals surface area contributed by atoms with Gasteiger partial charge in [-0.05, 0) is 37.2 Å². The molecule has 1 atom stereocenters. The van der Waals surface area contributed by atoms with Gasteiger partial charge in [-0.1, -0.05) is 26.0 Å². The molecular formula is C17H24FN5O3S2. The Labute approximate surface area is 168 Å². The number of amides is 1. The summed E-state index contributed by atoms with van der Waals surface area (Å²) in [6.07, 6.45) is 0.428. The number of aromatic nitrogens is 3. The Kier molecular flexibility index (Phi) is 7.44. The van der Waals surface area contributed by atoms with E-state index < -0.39 is 32.7 Å². The fraction of sp³-hybridized carbons (Fsp3) is 0.471. The molecule has 28 heavy (non-hydrogen) atoms. The van der Waals surface area contributed by atoms with Crippen LogP contribution in [0, 0.1) is 16.5 Å². The minimum atomic E-state index is -4.19. The summed E-state index contributed by atoms with van der Waals surface area (Å²) in [6, 6.07) is 3.98. The van der Waals surface area contributed by atoms with Crippen LogP contribution in [0.4, 0.5) is 4.39 Å². The lowest BCUT2D eigenvalue weighted by molar-refractivity contribution is -0.123. The first-order valence-electron chi connectivity index (χ1n) is 8.86. The maximum atomic E-state index is 13.9. The zero-order valence-electron chi connectivity index (χ0n) is 15.9. The van der Waals surface area contributed by atoms with E-state index in [1.807, 2.05) is 11.5 Å². The molecule has 0 saturated heterocycles. The molecule has 0 unspecified atom stereocenters. The van der Waals surface area contributed by atoms with Gasteiger partial charge in [-0.3, -0.25) is 9.89 Å². The van der Waals surface area contributed by atoms with Gasteiger partial charge in [0.05, 0.1) is 0 Å². The van der Waals surface area contributed by atoms with Crippen molar-refractivity contribution in [2.75, 3.05) is 6.54 Å². The van der Waals surface area contributed by atoms with E-state index >= 15 is 0 Å². The molecule has 1 aromatic heterocycles. The summed E-state index contributed by atoms with van der Waals surface area (Å²) in [4.78, 5) is 12.0.